The van der Waals surface area contributed by atoms with Crippen LogP contribution in [0.2, 0.25) is 0 Å². The molecular weight excluding hydrogens is 393 g/mol. The van der Waals surface area contributed by atoms with E-state index in [9.17, 15) is 9.18 Å². The molecule has 0 bridgehead atoms. The standard InChI is InChI=1S/C21H20FN3O3S/c1-23-21-25-20-19(29-21)15(10-17(26)24-20)14-7-4-8-16(27-2)18(14)28-11-12-5-3-6-13(22)9-12/h3-9,15H,10-11H2,1-2H3,(H,23,25)(H,24,26)/t15-/m0/s1. The molecule has 1 amide bonds. The molecule has 0 radical (unpaired) electrons. The van der Waals surface area contributed by atoms with Crippen LogP contribution in [0.3, 0.4) is 0 Å². The van der Waals surface area contributed by atoms with Gasteiger partial charge in [-0.3, -0.25) is 4.79 Å². The Labute approximate surface area is 171 Å². The molecule has 0 aliphatic carbocycles. The van der Waals surface area contributed by atoms with Crippen LogP contribution in [-0.4, -0.2) is 25.0 Å². The van der Waals surface area contributed by atoms with Crippen molar-refractivity contribution in [1.82, 2.24) is 4.98 Å². The number of fused-ring (bicyclic) bond motifs is 1. The van der Waals surface area contributed by atoms with Crippen molar-refractivity contribution in [2.75, 3.05) is 24.8 Å². The molecule has 6 nitrogen and oxygen atoms in total. The highest BCUT2D eigenvalue weighted by Crippen LogP contribution is 2.47. The van der Waals surface area contributed by atoms with Gasteiger partial charge in [-0.25, -0.2) is 9.37 Å². The summed E-state index contributed by atoms with van der Waals surface area (Å²) in [4.78, 5) is 17.7. The Hall–Kier alpha value is -3.13. The number of hydrogen-bond acceptors (Lipinski definition) is 6. The van der Waals surface area contributed by atoms with Crippen LogP contribution >= 0.6 is 11.3 Å². The molecule has 1 aliphatic rings. The van der Waals surface area contributed by atoms with Gasteiger partial charge in [-0.1, -0.05) is 35.6 Å². The minimum atomic E-state index is -0.316. The molecule has 0 saturated heterocycles. The normalized spacial score (nSPS) is 15.4. The molecule has 29 heavy (non-hydrogen) atoms. The monoisotopic (exact) mass is 413 g/mol. The lowest BCUT2D eigenvalue weighted by Gasteiger charge is -2.24. The van der Waals surface area contributed by atoms with Crippen LogP contribution in [0.25, 0.3) is 0 Å². The lowest BCUT2D eigenvalue weighted by molar-refractivity contribution is -0.116. The van der Waals surface area contributed by atoms with Gasteiger partial charge in [0.1, 0.15) is 18.2 Å². The number of anilines is 2. The third-order valence-electron chi connectivity index (χ3n) is 4.71. The molecule has 8 heteroatoms. The molecule has 1 atom stereocenters. The maximum Gasteiger partial charge on any atom is 0.226 e. The molecule has 0 spiro atoms. The minimum Gasteiger partial charge on any atom is -0.493 e. The van der Waals surface area contributed by atoms with Gasteiger partial charge in [-0.05, 0) is 23.8 Å². The number of nitrogens with one attached hydrogen (secondary N) is 2. The van der Waals surface area contributed by atoms with Crippen molar-refractivity contribution in [2.24, 2.45) is 0 Å². The number of methoxy groups -OCH3 is 1. The highest BCUT2D eigenvalue weighted by molar-refractivity contribution is 7.16. The lowest BCUT2D eigenvalue weighted by Crippen LogP contribution is -2.23. The van der Waals surface area contributed by atoms with E-state index in [0.717, 1.165) is 15.6 Å². The third kappa shape index (κ3) is 3.88. The molecule has 1 aliphatic heterocycles. The predicted molar refractivity (Wildman–Crippen MR) is 110 cm³/mol. The summed E-state index contributed by atoms with van der Waals surface area (Å²) in [6.45, 7) is 0.182. The van der Waals surface area contributed by atoms with Gasteiger partial charge in [-0.2, -0.15) is 0 Å². The van der Waals surface area contributed by atoms with Crippen molar-refractivity contribution in [3.63, 3.8) is 0 Å². The number of hydrogen-bond donors (Lipinski definition) is 2. The second-order valence-electron chi connectivity index (χ2n) is 6.58. The van der Waals surface area contributed by atoms with Crippen molar-refractivity contribution < 1.29 is 18.7 Å². The number of carbonyl (C=O) groups excluding carboxylic acids is 1. The highest BCUT2D eigenvalue weighted by Gasteiger charge is 2.33. The van der Waals surface area contributed by atoms with Gasteiger partial charge in [0.25, 0.3) is 0 Å². The van der Waals surface area contributed by atoms with E-state index in [1.54, 1.807) is 32.4 Å². The largest absolute Gasteiger partial charge is 0.493 e. The fourth-order valence-electron chi connectivity index (χ4n) is 3.38. The average molecular weight is 413 g/mol. The van der Waals surface area contributed by atoms with E-state index < -0.39 is 0 Å². The Morgan fingerprint density at radius 2 is 2.14 bits per heavy atom. The Morgan fingerprint density at radius 3 is 2.90 bits per heavy atom. The number of benzene rings is 2. The number of para-hydroxylation sites is 1. The highest BCUT2D eigenvalue weighted by atomic mass is 32.1. The zero-order chi connectivity index (χ0) is 20.4. The molecule has 4 rings (SSSR count). The van der Waals surface area contributed by atoms with E-state index in [-0.39, 0.29) is 30.7 Å². The third-order valence-corrected chi connectivity index (χ3v) is 5.89. The number of nitrogens with zero attached hydrogens (tertiary/aromatic N) is 1. The van der Waals surface area contributed by atoms with Crippen molar-refractivity contribution in [3.8, 4) is 11.5 Å². The molecule has 150 valence electrons. The first-order valence-electron chi connectivity index (χ1n) is 9.11. The fraction of sp³-hybridized carbons (Fsp3) is 0.238. The van der Waals surface area contributed by atoms with E-state index in [4.69, 9.17) is 9.47 Å². The molecule has 0 unspecified atom stereocenters. The van der Waals surface area contributed by atoms with E-state index >= 15 is 0 Å². The smallest absolute Gasteiger partial charge is 0.226 e. The Bertz CT molecular complexity index is 1050. The summed E-state index contributed by atoms with van der Waals surface area (Å²) in [5.74, 6) is 1.04. The first-order valence-corrected chi connectivity index (χ1v) is 9.93. The number of halogens is 1. The topological polar surface area (TPSA) is 72.5 Å². The number of aromatic nitrogens is 1. The SMILES string of the molecule is CNc1nc2c(s1)[C@H](c1cccc(OC)c1OCc1cccc(F)c1)CC(=O)N2. The Morgan fingerprint density at radius 1 is 1.31 bits per heavy atom. The molecular formula is C21H20FN3O3S. The van der Waals surface area contributed by atoms with Crippen LogP contribution in [0.5, 0.6) is 11.5 Å². The van der Waals surface area contributed by atoms with Crippen LogP contribution < -0.4 is 20.1 Å². The molecule has 0 fully saturated rings. The number of carbonyl (C=O) groups is 1. The molecule has 3 aromatic rings. The summed E-state index contributed by atoms with van der Waals surface area (Å²) in [6.07, 6.45) is 0.280. The van der Waals surface area contributed by atoms with Gasteiger partial charge >= 0.3 is 0 Å². The van der Waals surface area contributed by atoms with Gasteiger partial charge in [-0.15, -0.1) is 0 Å². The Kier molecular flexibility index (Phi) is 5.35. The van der Waals surface area contributed by atoms with Crippen LogP contribution in [0.1, 0.15) is 28.3 Å². The number of amides is 1. The zero-order valence-electron chi connectivity index (χ0n) is 16.0. The van der Waals surface area contributed by atoms with Crippen molar-refractivity contribution in [2.45, 2.75) is 18.9 Å². The van der Waals surface area contributed by atoms with Crippen molar-refractivity contribution in [3.05, 3.63) is 64.3 Å². The summed E-state index contributed by atoms with van der Waals surface area (Å²) in [7, 11) is 3.36. The molecule has 1 aromatic heterocycles. The quantitative estimate of drug-likeness (QED) is 0.627. The fourth-order valence-corrected chi connectivity index (χ4v) is 4.37. The summed E-state index contributed by atoms with van der Waals surface area (Å²) in [6, 6.07) is 11.9. The maximum absolute atomic E-state index is 13.5. The summed E-state index contributed by atoms with van der Waals surface area (Å²) in [5, 5.41) is 6.59. The van der Waals surface area contributed by atoms with Crippen LogP contribution in [-0.2, 0) is 11.4 Å². The van der Waals surface area contributed by atoms with E-state index in [0.29, 0.717) is 22.9 Å². The Balaban J connectivity index is 1.72. The van der Waals surface area contributed by atoms with E-state index in [1.807, 2.05) is 12.1 Å². The summed E-state index contributed by atoms with van der Waals surface area (Å²) >= 11 is 1.50. The van der Waals surface area contributed by atoms with Gasteiger partial charge in [0.15, 0.2) is 16.6 Å². The van der Waals surface area contributed by atoms with Crippen molar-refractivity contribution >= 4 is 28.2 Å². The van der Waals surface area contributed by atoms with Gasteiger partial charge in [0, 0.05) is 24.9 Å². The van der Waals surface area contributed by atoms with E-state index in [2.05, 4.69) is 15.6 Å². The summed E-state index contributed by atoms with van der Waals surface area (Å²) in [5.41, 5.74) is 1.54. The van der Waals surface area contributed by atoms with Gasteiger partial charge in [0.05, 0.1) is 12.0 Å². The zero-order valence-corrected chi connectivity index (χ0v) is 16.8. The minimum absolute atomic E-state index is 0.102. The number of rotatable bonds is 6. The predicted octanol–water partition coefficient (Wildman–Crippen LogP) is 4.39. The average Bonchev–Trinajstić information content (AvgIpc) is 3.14. The number of thiazole rings is 1. The van der Waals surface area contributed by atoms with E-state index in [1.165, 1.54) is 23.5 Å². The molecule has 2 aromatic carbocycles. The molecule has 2 heterocycles. The van der Waals surface area contributed by atoms with Crippen LogP contribution in [0.4, 0.5) is 15.3 Å². The second kappa shape index (κ2) is 8.08. The molecule has 0 saturated carbocycles. The van der Waals surface area contributed by atoms with Crippen LogP contribution in [0, 0.1) is 5.82 Å². The first-order chi connectivity index (χ1) is 14.1. The van der Waals surface area contributed by atoms with Gasteiger partial charge in [0.2, 0.25) is 5.91 Å². The van der Waals surface area contributed by atoms with Gasteiger partial charge < -0.3 is 20.1 Å². The van der Waals surface area contributed by atoms with Crippen LogP contribution in [0.15, 0.2) is 42.5 Å². The first kappa shape index (κ1) is 19.2. The van der Waals surface area contributed by atoms with Crippen molar-refractivity contribution in [1.29, 1.82) is 0 Å². The molecule has 2 N–H and O–H groups in total. The second-order valence-corrected chi connectivity index (χ2v) is 7.61. The number of ether oxygens (including phenoxy) is 2. The lowest BCUT2D eigenvalue weighted by atomic mass is 9.90. The maximum atomic E-state index is 13.5. The summed E-state index contributed by atoms with van der Waals surface area (Å²) < 4.78 is 25.1.